The zero-order valence-electron chi connectivity index (χ0n) is 5.24. The van der Waals surface area contributed by atoms with E-state index >= 15 is 0 Å². The Morgan fingerprint density at radius 2 is 2.56 bits per heavy atom. The Bertz CT molecular complexity index is 122. The molecule has 0 saturated carbocycles. The molecule has 0 aliphatic heterocycles. The van der Waals surface area contributed by atoms with Gasteiger partial charge < -0.3 is 10.8 Å². The van der Waals surface area contributed by atoms with Crippen molar-refractivity contribution in [3.8, 4) is 0 Å². The van der Waals surface area contributed by atoms with Gasteiger partial charge in [-0.15, -0.1) is 0 Å². The van der Waals surface area contributed by atoms with E-state index in [9.17, 15) is 4.79 Å². The molecule has 1 atom stereocenters. The van der Waals surface area contributed by atoms with Crippen molar-refractivity contribution in [3.63, 3.8) is 0 Å². The standard InChI is InChI=1S/C5H10N2O2/c1-2-7-5(9)4(6)3-8/h2,4,8H,3,6H2,1H3/b7-2+/t4-/m1/s1. The normalized spacial score (nSPS) is 14.1. The van der Waals surface area contributed by atoms with Crippen LogP contribution >= 0.6 is 0 Å². The van der Waals surface area contributed by atoms with Gasteiger partial charge in [-0.05, 0) is 6.92 Å². The lowest BCUT2D eigenvalue weighted by Gasteiger charge is -1.99. The van der Waals surface area contributed by atoms with E-state index in [1.54, 1.807) is 6.92 Å². The number of rotatable bonds is 2. The van der Waals surface area contributed by atoms with Crippen LogP contribution in [0.4, 0.5) is 0 Å². The fourth-order valence-electron chi connectivity index (χ4n) is 0.301. The van der Waals surface area contributed by atoms with E-state index in [-0.39, 0.29) is 6.61 Å². The number of hydrogen-bond acceptors (Lipinski definition) is 3. The van der Waals surface area contributed by atoms with Gasteiger partial charge in [-0.25, -0.2) is 4.99 Å². The predicted molar refractivity (Wildman–Crippen MR) is 34.2 cm³/mol. The molecule has 0 aromatic carbocycles. The molecular weight excluding hydrogens is 120 g/mol. The van der Waals surface area contributed by atoms with Crippen LogP contribution in [0.15, 0.2) is 4.99 Å². The second kappa shape index (κ2) is 4.17. The number of carbonyl (C=O) groups is 1. The summed E-state index contributed by atoms with van der Waals surface area (Å²) in [5.74, 6) is -0.486. The molecule has 0 spiro atoms. The van der Waals surface area contributed by atoms with Gasteiger partial charge in [0.15, 0.2) is 0 Å². The molecule has 0 radical (unpaired) electrons. The molecule has 0 aromatic heterocycles. The van der Waals surface area contributed by atoms with E-state index in [2.05, 4.69) is 4.99 Å². The smallest absolute Gasteiger partial charge is 0.264 e. The highest BCUT2D eigenvalue weighted by Crippen LogP contribution is 1.79. The maximum absolute atomic E-state index is 10.5. The molecule has 0 heterocycles. The molecule has 0 aliphatic carbocycles. The van der Waals surface area contributed by atoms with Gasteiger partial charge >= 0.3 is 0 Å². The molecular formula is C5H10N2O2. The van der Waals surface area contributed by atoms with Gasteiger partial charge in [-0.2, -0.15) is 0 Å². The molecule has 3 N–H and O–H groups in total. The van der Waals surface area contributed by atoms with Crippen LogP contribution in [-0.4, -0.2) is 29.9 Å². The number of hydrogen-bond donors (Lipinski definition) is 2. The molecule has 4 heteroatoms. The second-order valence-corrected chi connectivity index (χ2v) is 1.51. The number of amides is 1. The first-order chi connectivity index (χ1) is 4.22. The van der Waals surface area contributed by atoms with Crippen LogP contribution in [-0.2, 0) is 4.79 Å². The van der Waals surface area contributed by atoms with Crippen LogP contribution in [0.25, 0.3) is 0 Å². The molecule has 1 amide bonds. The van der Waals surface area contributed by atoms with Gasteiger partial charge in [0.25, 0.3) is 5.91 Å². The quantitative estimate of drug-likeness (QED) is 0.467. The Morgan fingerprint density at radius 3 is 2.89 bits per heavy atom. The summed E-state index contributed by atoms with van der Waals surface area (Å²) in [6, 6.07) is -0.860. The van der Waals surface area contributed by atoms with Gasteiger partial charge in [0, 0.05) is 6.21 Å². The second-order valence-electron chi connectivity index (χ2n) is 1.51. The fourth-order valence-corrected chi connectivity index (χ4v) is 0.301. The van der Waals surface area contributed by atoms with Gasteiger partial charge in [0.2, 0.25) is 0 Å². The third-order valence-electron chi connectivity index (χ3n) is 0.770. The topological polar surface area (TPSA) is 75.7 Å². The van der Waals surface area contributed by atoms with E-state index in [4.69, 9.17) is 10.8 Å². The van der Waals surface area contributed by atoms with Crippen molar-refractivity contribution < 1.29 is 9.90 Å². The average molecular weight is 130 g/mol. The Balaban J connectivity index is 3.73. The lowest BCUT2D eigenvalue weighted by Crippen LogP contribution is -2.32. The molecule has 0 unspecified atom stereocenters. The highest BCUT2D eigenvalue weighted by atomic mass is 16.3. The lowest BCUT2D eigenvalue weighted by molar-refractivity contribution is -0.119. The zero-order chi connectivity index (χ0) is 7.28. The predicted octanol–water partition coefficient (Wildman–Crippen LogP) is -1.08. The summed E-state index contributed by atoms with van der Waals surface area (Å²) in [6.07, 6.45) is 1.35. The van der Waals surface area contributed by atoms with E-state index in [0.717, 1.165) is 0 Å². The summed E-state index contributed by atoms with van der Waals surface area (Å²) in [4.78, 5) is 13.8. The lowest BCUT2D eigenvalue weighted by atomic mass is 10.3. The van der Waals surface area contributed by atoms with Crippen molar-refractivity contribution in [3.05, 3.63) is 0 Å². The first-order valence-electron chi connectivity index (χ1n) is 2.61. The number of aliphatic hydroxyl groups excluding tert-OH is 1. The summed E-state index contributed by atoms with van der Waals surface area (Å²) in [7, 11) is 0. The summed E-state index contributed by atoms with van der Waals surface area (Å²) < 4.78 is 0. The molecule has 0 saturated heterocycles. The van der Waals surface area contributed by atoms with Crippen molar-refractivity contribution in [2.24, 2.45) is 10.7 Å². The largest absolute Gasteiger partial charge is 0.394 e. The molecule has 0 fully saturated rings. The monoisotopic (exact) mass is 130 g/mol. The van der Waals surface area contributed by atoms with E-state index in [1.165, 1.54) is 6.21 Å². The SMILES string of the molecule is C/C=N/C(=O)[C@H](N)CO. The van der Waals surface area contributed by atoms with Crippen LogP contribution in [0.5, 0.6) is 0 Å². The Kier molecular flexibility index (Phi) is 3.83. The number of aliphatic hydroxyl groups is 1. The minimum absolute atomic E-state index is 0.351. The number of nitrogens with two attached hydrogens (primary N) is 1. The minimum Gasteiger partial charge on any atom is -0.394 e. The van der Waals surface area contributed by atoms with Crippen LogP contribution in [0.2, 0.25) is 0 Å². The Morgan fingerprint density at radius 1 is 2.00 bits per heavy atom. The van der Waals surface area contributed by atoms with Crippen LogP contribution < -0.4 is 5.73 Å². The maximum Gasteiger partial charge on any atom is 0.264 e. The summed E-state index contributed by atoms with van der Waals surface area (Å²) in [5.41, 5.74) is 5.09. The number of carbonyl (C=O) groups excluding carboxylic acids is 1. The molecule has 9 heavy (non-hydrogen) atoms. The zero-order valence-corrected chi connectivity index (χ0v) is 5.24. The van der Waals surface area contributed by atoms with Crippen molar-refractivity contribution in [2.75, 3.05) is 6.61 Å². The Labute approximate surface area is 53.4 Å². The van der Waals surface area contributed by atoms with Crippen molar-refractivity contribution in [1.29, 1.82) is 0 Å². The minimum atomic E-state index is -0.860. The van der Waals surface area contributed by atoms with Crippen LogP contribution in [0.1, 0.15) is 6.92 Å². The molecule has 0 aromatic rings. The highest BCUT2D eigenvalue weighted by molar-refractivity contribution is 5.88. The van der Waals surface area contributed by atoms with Crippen molar-refractivity contribution >= 4 is 12.1 Å². The van der Waals surface area contributed by atoms with Gasteiger partial charge in [0.05, 0.1) is 6.61 Å². The first-order valence-corrected chi connectivity index (χ1v) is 2.61. The summed E-state index contributed by atoms with van der Waals surface area (Å²) in [6.45, 7) is 1.26. The summed E-state index contributed by atoms with van der Waals surface area (Å²) in [5, 5.41) is 8.31. The van der Waals surface area contributed by atoms with Gasteiger partial charge in [0.1, 0.15) is 6.04 Å². The van der Waals surface area contributed by atoms with Gasteiger partial charge in [-0.1, -0.05) is 0 Å². The van der Waals surface area contributed by atoms with Crippen LogP contribution in [0.3, 0.4) is 0 Å². The van der Waals surface area contributed by atoms with Gasteiger partial charge in [-0.3, -0.25) is 4.79 Å². The average Bonchev–Trinajstić information content (AvgIpc) is 1.87. The fraction of sp³-hybridized carbons (Fsp3) is 0.600. The van der Waals surface area contributed by atoms with E-state index < -0.39 is 11.9 Å². The summed E-state index contributed by atoms with van der Waals surface area (Å²) >= 11 is 0. The molecule has 0 rings (SSSR count). The third kappa shape index (κ3) is 2.94. The van der Waals surface area contributed by atoms with E-state index in [0.29, 0.717) is 0 Å². The highest BCUT2D eigenvalue weighted by Gasteiger charge is 2.07. The first kappa shape index (κ1) is 8.26. The van der Waals surface area contributed by atoms with E-state index in [1.807, 2.05) is 0 Å². The van der Waals surface area contributed by atoms with Crippen molar-refractivity contribution in [1.82, 2.24) is 0 Å². The van der Waals surface area contributed by atoms with Crippen LogP contribution in [0, 0.1) is 0 Å². The van der Waals surface area contributed by atoms with Crippen molar-refractivity contribution in [2.45, 2.75) is 13.0 Å². The molecule has 52 valence electrons. The Hall–Kier alpha value is -0.740. The molecule has 0 aliphatic rings. The third-order valence-corrected chi connectivity index (χ3v) is 0.770. The maximum atomic E-state index is 10.5. The molecule has 4 nitrogen and oxygen atoms in total. The number of nitrogens with zero attached hydrogens (tertiary/aromatic N) is 1. The molecule has 0 bridgehead atoms. The number of aliphatic imine (C=N–C) groups is 1.